The van der Waals surface area contributed by atoms with Crippen LogP contribution < -0.4 is 15.4 Å². The van der Waals surface area contributed by atoms with E-state index in [0.29, 0.717) is 6.42 Å². The number of rotatable bonds is 3. The Kier molecular flexibility index (Phi) is 4.05. The summed E-state index contributed by atoms with van der Waals surface area (Å²) < 4.78 is 6.19. The highest BCUT2D eigenvalue weighted by Gasteiger charge is 2.26. The number of halogens is 1. The SMILES string of the molecule is COc1cccc(CC2NC(=O)CNC2=O)c1I. The van der Waals surface area contributed by atoms with Gasteiger partial charge in [-0.2, -0.15) is 0 Å². The highest BCUT2D eigenvalue weighted by atomic mass is 127. The summed E-state index contributed by atoms with van der Waals surface area (Å²) >= 11 is 2.18. The average Bonchev–Trinajstić information content (AvgIpc) is 2.36. The lowest BCUT2D eigenvalue weighted by molar-refractivity contribution is -0.133. The maximum absolute atomic E-state index is 11.7. The van der Waals surface area contributed by atoms with Gasteiger partial charge in [0, 0.05) is 6.42 Å². The summed E-state index contributed by atoms with van der Waals surface area (Å²) in [5.74, 6) is 0.473. The monoisotopic (exact) mass is 360 g/mol. The number of carbonyl (C=O) groups is 2. The molecular formula is C12H13IN2O3. The van der Waals surface area contributed by atoms with Crippen LogP contribution in [0.4, 0.5) is 0 Å². The van der Waals surface area contributed by atoms with Gasteiger partial charge in [-0.15, -0.1) is 0 Å². The third-order valence-corrected chi connectivity index (χ3v) is 3.99. The summed E-state index contributed by atoms with van der Waals surface area (Å²) in [6, 6.07) is 5.16. The zero-order chi connectivity index (χ0) is 13.1. The summed E-state index contributed by atoms with van der Waals surface area (Å²) in [4.78, 5) is 22.9. The number of hydrogen-bond acceptors (Lipinski definition) is 3. The van der Waals surface area contributed by atoms with Gasteiger partial charge in [-0.3, -0.25) is 9.59 Å². The first-order valence-corrected chi connectivity index (χ1v) is 6.58. The van der Waals surface area contributed by atoms with E-state index in [4.69, 9.17) is 4.74 Å². The molecule has 1 unspecified atom stereocenters. The van der Waals surface area contributed by atoms with Crippen LogP contribution in [0, 0.1) is 3.57 Å². The van der Waals surface area contributed by atoms with E-state index < -0.39 is 6.04 Å². The molecule has 1 heterocycles. The maximum Gasteiger partial charge on any atom is 0.243 e. The van der Waals surface area contributed by atoms with Crippen molar-refractivity contribution in [2.75, 3.05) is 13.7 Å². The van der Waals surface area contributed by atoms with E-state index in [9.17, 15) is 9.59 Å². The molecule has 1 aliphatic heterocycles. The first kappa shape index (κ1) is 13.1. The summed E-state index contributed by atoms with van der Waals surface area (Å²) in [6.07, 6.45) is 0.465. The Morgan fingerprint density at radius 1 is 1.44 bits per heavy atom. The molecule has 1 aromatic carbocycles. The molecule has 1 aromatic rings. The van der Waals surface area contributed by atoms with Gasteiger partial charge in [-0.25, -0.2) is 0 Å². The van der Waals surface area contributed by atoms with E-state index in [0.717, 1.165) is 14.9 Å². The minimum atomic E-state index is -0.508. The quantitative estimate of drug-likeness (QED) is 0.770. The van der Waals surface area contributed by atoms with E-state index >= 15 is 0 Å². The predicted octanol–water partition coefficient (Wildman–Crippen LogP) is 0.457. The number of carbonyl (C=O) groups excluding carboxylic acids is 2. The Labute approximate surface area is 118 Å². The molecule has 2 rings (SSSR count). The molecule has 1 atom stereocenters. The van der Waals surface area contributed by atoms with Crippen molar-refractivity contribution in [3.63, 3.8) is 0 Å². The molecule has 5 nitrogen and oxygen atoms in total. The maximum atomic E-state index is 11.7. The van der Waals surface area contributed by atoms with Crippen LogP contribution in [-0.2, 0) is 16.0 Å². The van der Waals surface area contributed by atoms with E-state index in [1.54, 1.807) is 7.11 Å². The lowest BCUT2D eigenvalue weighted by atomic mass is 10.0. The number of benzene rings is 1. The molecule has 0 bridgehead atoms. The van der Waals surface area contributed by atoms with Gasteiger partial charge in [0.2, 0.25) is 11.8 Å². The van der Waals surface area contributed by atoms with Gasteiger partial charge >= 0.3 is 0 Å². The van der Waals surface area contributed by atoms with Crippen LogP contribution in [-0.4, -0.2) is 31.5 Å². The zero-order valence-corrected chi connectivity index (χ0v) is 12.0. The van der Waals surface area contributed by atoms with Crippen LogP contribution in [0.3, 0.4) is 0 Å². The van der Waals surface area contributed by atoms with Crippen LogP contribution in [0.2, 0.25) is 0 Å². The van der Waals surface area contributed by atoms with Crippen LogP contribution in [0.1, 0.15) is 5.56 Å². The second-order valence-electron chi connectivity index (χ2n) is 3.98. The van der Waals surface area contributed by atoms with Crippen molar-refractivity contribution in [3.05, 3.63) is 27.3 Å². The van der Waals surface area contributed by atoms with Crippen LogP contribution in [0.25, 0.3) is 0 Å². The molecular weight excluding hydrogens is 347 g/mol. The number of hydrogen-bond donors (Lipinski definition) is 2. The zero-order valence-electron chi connectivity index (χ0n) is 9.83. The summed E-state index contributed by atoms with van der Waals surface area (Å²) in [5, 5.41) is 5.25. The Bertz CT molecular complexity index is 490. The Balaban J connectivity index is 2.18. The third-order valence-electron chi connectivity index (χ3n) is 2.76. The van der Waals surface area contributed by atoms with Crippen molar-refractivity contribution in [1.29, 1.82) is 0 Å². The largest absolute Gasteiger partial charge is 0.496 e. The molecule has 0 spiro atoms. The summed E-state index contributed by atoms with van der Waals surface area (Å²) in [5.41, 5.74) is 0.984. The van der Waals surface area contributed by atoms with Crippen molar-refractivity contribution in [2.45, 2.75) is 12.5 Å². The standard InChI is InChI=1S/C12H13IN2O3/c1-18-9-4-2-3-7(11(9)13)5-8-12(17)14-6-10(16)15-8/h2-4,8H,5-6H2,1H3,(H,14,17)(H,15,16). The molecule has 18 heavy (non-hydrogen) atoms. The molecule has 0 aliphatic carbocycles. The number of ether oxygens (including phenoxy) is 1. The van der Waals surface area contributed by atoms with E-state index in [1.165, 1.54) is 0 Å². The molecule has 1 aliphatic rings. The summed E-state index contributed by atoms with van der Waals surface area (Å²) in [6.45, 7) is 0.0601. The minimum absolute atomic E-state index is 0.0601. The third kappa shape index (κ3) is 2.74. The Hall–Kier alpha value is -1.31. The van der Waals surface area contributed by atoms with Gasteiger partial charge in [0.15, 0.2) is 0 Å². The van der Waals surface area contributed by atoms with E-state index in [2.05, 4.69) is 33.2 Å². The summed E-state index contributed by atoms with van der Waals surface area (Å²) in [7, 11) is 1.61. The van der Waals surface area contributed by atoms with Gasteiger partial charge in [0.05, 0.1) is 17.2 Å². The van der Waals surface area contributed by atoms with Crippen molar-refractivity contribution in [3.8, 4) is 5.75 Å². The second kappa shape index (κ2) is 5.55. The van der Waals surface area contributed by atoms with Crippen molar-refractivity contribution in [2.24, 2.45) is 0 Å². The highest BCUT2D eigenvalue weighted by molar-refractivity contribution is 14.1. The Morgan fingerprint density at radius 2 is 2.22 bits per heavy atom. The molecule has 0 aromatic heterocycles. The van der Waals surface area contributed by atoms with Crippen molar-refractivity contribution in [1.82, 2.24) is 10.6 Å². The lowest BCUT2D eigenvalue weighted by Gasteiger charge is -2.23. The molecule has 0 radical (unpaired) electrons. The first-order chi connectivity index (χ1) is 8.61. The first-order valence-electron chi connectivity index (χ1n) is 5.50. The number of nitrogens with one attached hydrogen (secondary N) is 2. The molecule has 6 heteroatoms. The van der Waals surface area contributed by atoms with Crippen LogP contribution in [0.5, 0.6) is 5.75 Å². The van der Waals surface area contributed by atoms with Crippen LogP contribution >= 0.6 is 22.6 Å². The molecule has 96 valence electrons. The fraction of sp³-hybridized carbons (Fsp3) is 0.333. The van der Waals surface area contributed by atoms with Crippen molar-refractivity contribution >= 4 is 34.4 Å². The molecule has 0 saturated carbocycles. The minimum Gasteiger partial charge on any atom is -0.496 e. The number of amides is 2. The second-order valence-corrected chi connectivity index (χ2v) is 5.05. The topological polar surface area (TPSA) is 67.4 Å². The van der Waals surface area contributed by atoms with E-state index in [1.807, 2.05) is 18.2 Å². The molecule has 1 saturated heterocycles. The highest BCUT2D eigenvalue weighted by Crippen LogP contribution is 2.25. The molecule has 1 fully saturated rings. The normalized spacial score (nSPS) is 19.1. The smallest absolute Gasteiger partial charge is 0.243 e. The van der Waals surface area contributed by atoms with E-state index in [-0.39, 0.29) is 18.4 Å². The molecule has 2 N–H and O–H groups in total. The predicted molar refractivity (Wildman–Crippen MR) is 74.4 cm³/mol. The Morgan fingerprint density at radius 3 is 2.94 bits per heavy atom. The number of piperazine rings is 1. The lowest BCUT2D eigenvalue weighted by Crippen LogP contribution is -2.56. The fourth-order valence-corrected chi connectivity index (χ4v) is 2.64. The molecule has 2 amide bonds. The van der Waals surface area contributed by atoms with Gasteiger partial charge in [0.1, 0.15) is 11.8 Å². The van der Waals surface area contributed by atoms with Crippen molar-refractivity contribution < 1.29 is 14.3 Å². The van der Waals surface area contributed by atoms with Gasteiger partial charge in [0.25, 0.3) is 0 Å². The van der Waals surface area contributed by atoms with Gasteiger partial charge < -0.3 is 15.4 Å². The van der Waals surface area contributed by atoms with Gasteiger partial charge in [-0.1, -0.05) is 12.1 Å². The van der Waals surface area contributed by atoms with Gasteiger partial charge in [-0.05, 0) is 34.2 Å². The van der Waals surface area contributed by atoms with Crippen LogP contribution in [0.15, 0.2) is 18.2 Å². The number of methoxy groups -OCH3 is 1. The fourth-order valence-electron chi connectivity index (χ4n) is 1.84. The average molecular weight is 360 g/mol.